The van der Waals surface area contributed by atoms with Gasteiger partial charge in [-0.25, -0.2) is 4.79 Å². The van der Waals surface area contributed by atoms with Crippen molar-refractivity contribution in [3.8, 4) is 0 Å². The average molecular weight is 296 g/mol. The van der Waals surface area contributed by atoms with Crippen molar-refractivity contribution in [2.75, 3.05) is 13.1 Å². The molecule has 0 bridgehead atoms. The van der Waals surface area contributed by atoms with Crippen molar-refractivity contribution in [3.05, 3.63) is 65.5 Å². The van der Waals surface area contributed by atoms with Gasteiger partial charge in [0, 0.05) is 19.3 Å². The Balaban J connectivity index is 1.57. The molecule has 22 heavy (non-hydrogen) atoms. The van der Waals surface area contributed by atoms with Gasteiger partial charge < -0.3 is 5.11 Å². The van der Waals surface area contributed by atoms with Gasteiger partial charge in [0.25, 0.3) is 0 Å². The zero-order valence-corrected chi connectivity index (χ0v) is 12.5. The zero-order valence-electron chi connectivity index (χ0n) is 12.5. The van der Waals surface area contributed by atoms with Crippen LogP contribution in [0.15, 0.2) is 48.7 Å². The molecule has 1 saturated heterocycles. The molecule has 4 nitrogen and oxygen atoms in total. The van der Waals surface area contributed by atoms with E-state index >= 15 is 0 Å². The summed E-state index contributed by atoms with van der Waals surface area (Å²) in [6.45, 7) is 3.03. The Hall–Kier alpha value is -2.20. The lowest BCUT2D eigenvalue weighted by Crippen LogP contribution is -2.21. The molecule has 1 atom stereocenters. The van der Waals surface area contributed by atoms with Gasteiger partial charge in [-0.3, -0.25) is 9.88 Å². The fourth-order valence-electron chi connectivity index (χ4n) is 3.11. The molecule has 1 N–H and O–H groups in total. The fraction of sp³-hybridized carbons (Fsp3) is 0.333. The van der Waals surface area contributed by atoms with Crippen LogP contribution in [-0.2, 0) is 13.0 Å². The fourth-order valence-corrected chi connectivity index (χ4v) is 3.11. The predicted octanol–water partition coefficient (Wildman–Crippen LogP) is 2.84. The number of aromatic carboxylic acids is 1. The number of likely N-dealkylation sites (tertiary alicyclic amines) is 1. The van der Waals surface area contributed by atoms with Crippen molar-refractivity contribution in [1.29, 1.82) is 0 Å². The second-order valence-electron chi connectivity index (χ2n) is 5.92. The number of aromatic nitrogens is 1. The molecule has 0 spiro atoms. The number of nitrogens with zero attached hydrogens (tertiary/aromatic N) is 2. The number of carbonyl (C=O) groups is 1. The summed E-state index contributed by atoms with van der Waals surface area (Å²) in [6, 6.07) is 13.3. The lowest BCUT2D eigenvalue weighted by molar-refractivity contribution is 0.0696. The molecule has 0 amide bonds. The minimum atomic E-state index is -0.856. The molecule has 4 heteroatoms. The molecular formula is C18H20N2O2. The van der Waals surface area contributed by atoms with Gasteiger partial charge in [0.05, 0.1) is 11.3 Å². The van der Waals surface area contributed by atoms with Gasteiger partial charge in [0.1, 0.15) is 0 Å². The van der Waals surface area contributed by atoms with E-state index < -0.39 is 5.97 Å². The molecule has 1 unspecified atom stereocenters. The average Bonchev–Trinajstić information content (AvgIpc) is 2.95. The summed E-state index contributed by atoms with van der Waals surface area (Å²) in [5.74, 6) is -0.266. The molecular weight excluding hydrogens is 276 g/mol. The van der Waals surface area contributed by atoms with Crippen molar-refractivity contribution in [1.82, 2.24) is 9.88 Å². The highest BCUT2D eigenvalue weighted by Gasteiger charge is 2.23. The number of benzene rings is 1. The first-order valence-electron chi connectivity index (χ1n) is 7.65. The number of hydrogen-bond acceptors (Lipinski definition) is 3. The first kappa shape index (κ1) is 14.7. The topological polar surface area (TPSA) is 53.4 Å². The molecule has 2 heterocycles. The quantitative estimate of drug-likeness (QED) is 0.922. The van der Waals surface area contributed by atoms with E-state index in [1.807, 2.05) is 30.5 Å². The Kier molecular flexibility index (Phi) is 4.49. The second kappa shape index (κ2) is 6.71. The highest BCUT2D eigenvalue weighted by molar-refractivity contribution is 5.87. The van der Waals surface area contributed by atoms with E-state index in [-0.39, 0.29) is 0 Å². The van der Waals surface area contributed by atoms with Crippen LogP contribution in [0, 0.1) is 5.92 Å². The number of rotatable bonds is 5. The number of carboxylic acid groups (broad SMARTS) is 1. The molecule has 1 aromatic carbocycles. The van der Waals surface area contributed by atoms with Gasteiger partial charge in [0.15, 0.2) is 0 Å². The molecule has 1 aliphatic rings. The molecule has 3 rings (SSSR count). The molecule has 0 aliphatic carbocycles. The summed E-state index contributed by atoms with van der Waals surface area (Å²) >= 11 is 0. The Bertz CT molecular complexity index is 643. The van der Waals surface area contributed by atoms with Crippen LogP contribution < -0.4 is 0 Å². The van der Waals surface area contributed by atoms with E-state index in [2.05, 4.69) is 16.0 Å². The van der Waals surface area contributed by atoms with Crippen LogP contribution in [0.1, 0.15) is 28.0 Å². The zero-order chi connectivity index (χ0) is 15.4. The van der Waals surface area contributed by atoms with Gasteiger partial charge in [-0.05, 0) is 55.1 Å². The molecule has 1 fully saturated rings. The Morgan fingerprint density at radius 3 is 2.95 bits per heavy atom. The largest absolute Gasteiger partial charge is 0.478 e. The van der Waals surface area contributed by atoms with Crippen LogP contribution in [0.5, 0.6) is 0 Å². The normalized spacial score (nSPS) is 18.5. The summed E-state index contributed by atoms with van der Waals surface area (Å²) in [4.78, 5) is 17.8. The third kappa shape index (κ3) is 3.71. The number of carboxylic acids is 1. The van der Waals surface area contributed by atoms with Crippen LogP contribution in [0.3, 0.4) is 0 Å². The first-order valence-corrected chi connectivity index (χ1v) is 7.65. The lowest BCUT2D eigenvalue weighted by atomic mass is 9.97. The smallest absolute Gasteiger partial charge is 0.335 e. The minimum Gasteiger partial charge on any atom is -0.478 e. The van der Waals surface area contributed by atoms with E-state index in [0.29, 0.717) is 11.5 Å². The maximum atomic E-state index is 11.0. The molecule has 0 saturated carbocycles. The minimum absolute atomic E-state index is 0.376. The summed E-state index contributed by atoms with van der Waals surface area (Å²) < 4.78 is 0. The molecule has 0 radical (unpaired) electrons. The Labute approximate surface area is 130 Å². The highest BCUT2D eigenvalue weighted by atomic mass is 16.4. The van der Waals surface area contributed by atoms with Crippen molar-refractivity contribution < 1.29 is 9.90 Å². The van der Waals surface area contributed by atoms with Crippen LogP contribution >= 0.6 is 0 Å². The number of pyridine rings is 1. The standard InChI is InChI=1S/C18H20N2O2/c21-18(22)16-5-3-4-14(11-16)10-15-7-9-20(12-15)13-17-6-1-2-8-19-17/h1-6,8,11,15H,7,9-10,12-13H2,(H,21,22). The van der Waals surface area contributed by atoms with Gasteiger partial charge in [0.2, 0.25) is 0 Å². The van der Waals surface area contributed by atoms with Crippen LogP contribution in [0.4, 0.5) is 0 Å². The van der Waals surface area contributed by atoms with E-state index in [1.54, 1.807) is 12.1 Å². The van der Waals surface area contributed by atoms with E-state index in [4.69, 9.17) is 5.11 Å². The molecule has 114 valence electrons. The maximum absolute atomic E-state index is 11.0. The Morgan fingerprint density at radius 1 is 1.27 bits per heavy atom. The van der Waals surface area contributed by atoms with E-state index in [1.165, 1.54) is 0 Å². The predicted molar refractivity (Wildman–Crippen MR) is 84.7 cm³/mol. The SMILES string of the molecule is O=C(O)c1cccc(CC2CCN(Cc3ccccn3)C2)c1. The highest BCUT2D eigenvalue weighted by Crippen LogP contribution is 2.22. The molecule has 1 aliphatic heterocycles. The Morgan fingerprint density at radius 2 is 2.18 bits per heavy atom. The van der Waals surface area contributed by atoms with Crippen LogP contribution in [0.25, 0.3) is 0 Å². The van der Waals surface area contributed by atoms with Crippen molar-refractivity contribution in [3.63, 3.8) is 0 Å². The monoisotopic (exact) mass is 296 g/mol. The van der Waals surface area contributed by atoms with E-state index in [9.17, 15) is 4.79 Å². The van der Waals surface area contributed by atoms with Gasteiger partial charge >= 0.3 is 5.97 Å². The first-order chi connectivity index (χ1) is 10.7. The lowest BCUT2D eigenvalue weighted by Gasteiger charge is -2.15. The molecule has 1 aromatic heterocycles. The summed E-state index contributed by atoms with van der Waals surface area (Å²) in [5, 5.41) is 9.06. The van der Waals surface area contributed by atoms with Gasteiger partial charge in [-0.2, -0.15) is 0 Å². The van der Waals surface area contributed by atoms with Crippen molar-refractivity contribution in [2.24, 2.45) is 5.92 Å². The third-order valence-corrected chi connectivity index (χ3v) is 4.18. The van der Waals surface area contributed by atoms with Crippen LogP contribution in [0.2, 0.25) is 0 Å². The summed E-state index contributed by atoms with van der Waals surface area (Å²) in [7, 11) is 0. The van der Waals surface area contributed by atoms with Gasteiger partial charge in [-0.15, -0.1) is 0 Å². The van der Waals surface area contributed by atoms with E-state index in [0.717, 1.165) is 43.7 Å². The summed E-state index contributed by atoms with van der Waals surface area (Å²) in [6.07, 6.45) is 3.93. The van der Waals surface area contributed by atoms with Gasteiger partial charge in [-0.1, -0.05) is 18.2 Å². The molecule has 2 aromatic rings. The summed E-state index contributed by atoms with van der Waals surface area (Å²) in [5.41, 5.74) is 2.60. The van der Waals surface area contributed by atoms with Crippen molar-refractivity contribution >= 4 is 5.97 Å². The van der Waals surface area contributed by atoms with Crippen molar-refractivity contribution in [2.45, 2.75) is 19.4 Å². The van der Waals surface area contributed by atoms with Crippen LogP contribution in [-0.4, -0.2) is 34.0 Å². The third-order valence-electron chi connectivity index (χ3n) is 4.18. The maximum Gasteiger partial charge on any atom is 0.335 e. The second-order valence-corrected chi connectivity index (χ2v) is 5.92. The number of hydrogen-bond donors (Lipinski definition) is 1.